The summed E-state index contributed by atoms with van der Waals surface area (Å²) in [4.78, 5) is 0. The zero-order valence-corrected chi connectivity index (χ0v) is 12.5. The molecule has 0 amide bonds. The molecule has 0 aromatic heterocycles. The van der Waals surface area contributed by atoms with Crippen molar-refractivity contribution in [2.24, 2.45) is 0 Å². The van der Waals surface area contributed by atoms with Gasteiger partial charge in [0.2, 0.25) is 0 Å². The lowest BCUT2D eigenvalue weighted by Gasteiger charge is -2.43. The molecule has 3 heteroatoms. The van der Waals surface area contributed by atoms with Gasteiger partial charge in [-0.1, -0.05) is 50.9 Å². The lowest BCUT2D eigenvalue weighted by Crippen LogP contribution is -2.59. The maximum Gasteiger partial charge on any atom is 0.146 e. The molecular formula is C12H21NSi2. The maximum absolute atomic E-state index is 2.83. The smallest absolute Gasteiger partial charge is 0.146 e. The zero-order valence-electron chi connectivity index (χ0n) is 10.5. The Morgan fingerprint density at radius 3 is 2.33 bits per heavy atom. The molecule has 1 aliphatic heterocycles. The molecule has 1 heterocycles. The molecule has 1 aromatic rings. The van der Waals surface area contributed by atoms with Crippen LogP contribution >= 0.6 is 0 Å². The third-order valence-corrected chi connectivity index (χ3v) is 11.2. The monoisotopic (exact) mass is 235 g/mol. The van der Waals surface area contributed by atoms with Crippen LogP contribution in [0.1, 0.15) is 5.56 Å². The fraction of sp³-hybridized carbons (Fsp3) is 0.500. The first-order chi connectivity index (χ1) is 6.82. The first kappa shape index (κ1) is 11.0. The van der Waals surface area contributed by atoms with E-state index in [0.29, 0.717) is 0 Å². The van der Waals surface area contributed by atoms with Gasteiger partial charge in [0.15, 0.2) is 0 Å². The van der Waals surface area contributed by atoms with E-state index in [-0.39, 0.29) is 0 Å². The Balaban J connectivity index is 2.53. The number of para-hydroxylation sites is 1. The summed E-state index contributed by atoms with van der Waals surface area (Å²) >= 11 is 0. The molecule has 0 radical (unpaired) electrons. The highest BCUT2D eigenvalue weighted by molar-refractivity contribution is 7.00. The first-order valence-electron chi connectivity index (χ1n) is 5.71. The highest BCUT2D eigenvalue weighted by atomic mass is 28.4. The minimum atomic E-state index is -1.22. The molecule has 0 spiro atoms. The molecule has 0 saturated carbocycles. The van der Waals surface area contributed by atoms with Gasteiger partial charge >= 0.3 is 0 Å². The predicted octanol–water partition coefficient (Wildman–Crippen LogP) is 3.63. The van der Waals surface area contributed by atoms with Crippen LogP contribution in [-0.2, 0) is 6.04 Å². The van der Waals surface area contributed by atoms with Crippen LogP contribution in [0.2, 0.25) is 32.7 Å². The Morgan fingerprint density at radius 2 is 1.73 bits per heavy atom. The number of fused-ring (bicyclic) bond motifs is 1. The second-order valence-electron chi connectivity index (χ2n) is 6.12. The zero-order chi connectivity index (χ0) is 11.3. The van der Waals surface area contributed by atoms with Crippen LogP contribution in [0.4, 0.5) is 5.69 Å². The lowest BCUT2D eigenvalue weighted by molar-refractivity contribution is 1.37. The van der Waals surface area contributed by atoms with Gasteiger partial charge in [-0.25, -0.2) is 0 Å². The molecule has 0 saturated heterocycles. The van der Waals surface area contributed by atoms with Gasteiger partial charge < -0.3 is 4.23 Å². The Bertz CT molecular complexity index is 379. The SMILES string of the molecule is C[Si](C)(C)N1c2ccccc2C[Si]1(C)C. The molecular weight excluding hydrogens is 214 g/mol. The van der Waals surface area contributed by atoms with Gasteiger partial charge in [0, 0.05) is 5.69 Å². The molecule has 1 aromatic carbocycles. The second-order valence-corrected chi connectivity index (χ2v) is 15.8. The van der Waals surface area contributed by atoms with Crippen LogP contribution < -0.4 is 4.23 Å². The molecule has 1 aliphatic rings. The van der Waals surface area contributed by atoms with Crippen LogP contribution in [0.25, 0.3) is 0 Å². The quantitative estimate of drug-likeness (QED) is 0.672. The van der Waals surface area contributed by atoms with Crippen molar-refractivity contribution in [1.29, 1.82) is 0 Å². The van der Waals surface area contributed by atoms with Crippen molar-refractivity contribution in [2.45, 2.75) is 38.8 Å². The Labute approximate surface area is 95.3 Å². The number of nitrogens with zero attached hydrogens (tertiary/aromatic N) is 1. The number of hydrogen-bond acceptors (Lipinski definition) is 1. The topological polar surface area (TPSA) is 3.24 Å². The minimum Gasteiger partial charge on any atom is -0.424 e. The van der Waals surface area contributed by atoms with Crippen molar-refractivity contribution >= 4 is 22.2 Å². The van der Waals surface area contributed by atoms with E-state index >= 15 is 0 Å². The molecule has 15 heavy (non-hydrogen) atoms. The van der Waals surface area contributed by atoms with Crippen molar-refractivity contribution in [3.8, 4) is 0 Å². The van der Waals surface area contributed by atoms with Crippen LogP contribution in [0.3, 0.4) is 0 Å². The van der Waals surface area contributed by atoms with E-state index in [9.17, 15) is 0 Å². The average Bonchev–Trinajstić information content (AvgIpc) is 2.32. The minimum absolute atomic E-state index is 1.21. The van der Waals surface area contributed by atoms with Crippen molar-refractivity contribution < 1.29 is 0 Å². The van der Waals surface area contributed by atoms with E-state index in [1.165, 1.54) is 11.7 Å². The lowest BCUT2D eigenvalue weighted by atomic mass is 10.2. The molecule has 2 rings (SSSR count). The Morgan fingerprint density at radius 1 is 1.13 bits per heavy atom. The fourth-order valence-electron chi connectivity index (χ4n) is 3.02. The standard InChI is InChI=1S/C12H21NSi2/c1-14(2,3)13-12-9-7-6-8-11(12)10-15(13,4)5/h6-9H,10H2,1-5H3. The molecule has 82 valence electrons. The van der Waals surface area contributed by atoms with Crippen LogP contribution in [0.5, 0.6) is 0 Å². The van der Waals surface area contributed by atoms with Gasteiger partial charge in [-0.05, 0) is 17.7 Å². The molecule has 0 unspecified atom stereocenters. The molecule has 1 nitrogen and oxygen atoms in total. The van der Waals surface area contributed by atoms with E-state index < -0.39 is 16.5 Å². The van der Waals surface area contributed by atoms with Gasteiger partial charge in [-0.15, -0.1) is 0 Å². The van der Waals surface area contributed by atoms with E-state index in [0.717, 1.165) is 0 Å². The van der Waals surface area contributed by atoms with Crippen molar-refractivity contribution in [3.63, 3.8) is 0 Å². The maximum atomic E-state index is 2.83. The van der Waals surface area contributed by atoms with Crippen LogP contribution in [0.15, 0.2) is 24.3 Å². The molecule has 0 N–H and O–H groups in total. The summed E-state index contributed by atoms with van der Waals surface area (Å²) in [5.74, 6) is 0. The number of benzene rings is 1. The fourth-order valence-corrected chi connectivity index (χ4v) is 13.7. The highest BCUT2D eigenvalue weighted by Crippen LogP contribution is 2.39. The Kier molecular flexibility index (Phi) is 2.35. The Hall–Kier alpha value is -0.546. The summed E-state index contributed by atoms with van der Waals surface area (Å²) < 4.78 is 2.83. The third-order valence-electron chi connectivity index (χ3n) is 3.13. The summed E-state index contributed by atoms with van der Waals surface area (Å²) in [7, 11) is -2.43. The predicted molar refractivity (Wildman–Crippen MR) is 73.5 cm³/mol. The second kappa shape index (κ2) is 3.22. The third kappa shape index (κ3) is 1.78. The number of anilines is 1. The number of hydrogen-bond donors (Lipinski definition) is 0. The highest BCUT2D eigenvalue weighted by Gasteiger charge is 2.43. The van der Waals surface area contributed by atoms with E-state index in [1.54, 1.807) is 5.56 Å². The van der Waals surface area contributed by atoms with Gasteiger partial charge in [-0.3, -0.25) is 0 Å². The van der Waals surface area contributed by atoms with Crippen molar-refractivity contribution in [3.05, 3.63) is 29.8 Å². The van der Waals surface area contributed by atoms with Crippen molar-refractivity contribution in [2.75, 3.05) is 4.23 Å². The van der Waals surface area contributed by atoms with E-state index in [2.05, 4.69) is 61.2 Å². The van der Waals surface area contributed by atoms with Crippen LogP contribution in [-0.4, -0.2) is 16.5 Å². The first-order valence-corrected chi connectivity index (χ1v) is 12.3. The van der Waals surface area contributed by atoms with Crippen molar-refractivity contribution in [1.82, 2.24) is 0 Å². The normalized spacial score (nSPS) is 19.1. The van der Waals surface area contributed by atoms with E-state index in [4.69, 9.17) is 0 Å². The summed E-state index contributed by atoms with van der Waals surface area (Å²) in [5.41, 5.74) is 3.12. The molecule has 0 atom stereocenters. The summed E-state index contributed by atoms with van der Waals surface area (Å²) in [5, 5.41) is 0. The summed E-state index contributed by atoms with van der Waals surface area (Å²) in [6.45, 7) is 12.4. The van der Waals surface area contributed by atoms with Gasteiger partial charge in [0.1, 0.15) is 16.5 Å². The molecule has 0 aliphatic carbocycles. The van der Waals surface area contributed by atoms with Gasteiger partial charge in [-0.2, -0.15) is 0 Å². The van der Waals surface area contributed by atoms with E-state index in [1.807, 2.05) is 0 Å². The largest absolute Gasteiger partial charge is 0.424 e. The summed E-state index contributed by atoms with van der Waals surface area (Å²) in [6.07, 6.45) is 0. The molecule has 0 fully saturated rings. The average molecular weight is 235 g/mol. The van der Waals surface area contributed by atoms with Crippen LogP contribution in [0, 0.1) is 0 Å². The summed E-state index contributed by atoms with van der Waals surface area (Å²) in [6, 6.07) is 10.3. The van der Waals surface area contributed by atoms with Gasteiger partial charge in [0.05, 0.1) is 0 Å². The molecule has 0 bridgehead atoms. The van der Waals surface area contributed by atoms with Gasteiger partial charge in [0.25, 0.3) is 0 Å². The number of rotatable bonds is 1.